The van der Waals surface area contributed by atoms with Crippen molar-refractivity contribution in [1.29, 1.82) is 0 Å². The van der Waals surface area contributed by atoms with Crippen molar-refractivity contribution >= 4 is 12.0 Å². The van der Waals surface area contributed by atoms with Crippen LogP contribution in [0.2, 0.25) is 0 Å². The molecule has 6 nitrogen and oxygen atoms in total. The van der Waals surface area contributed by atoms with Crippen LogP contribution in [0, 0.1) is 0 Å². The van der Waals surface area contributed by atoms with Gasteiger partial charge in [-0.15, -0.1) is 0 Å². The number of nitrogens with one attached hydrogen (secondary N) is 2. The van der Waals surface area contributed by atoms with Crippen molar-refractivity contribution < 1.29 is 9.53 Å². The predicted octanol–water partition coefficient (Wildman–Crippen LogP) is 3.15. The van der Waals surface area contributed by atoms with E-state index < -0.39 is 11.7 Å². The Bertz CT molecular complexity index is 611. The van der Waals surface area contributed by atoms with Gasteiger partial charge in [0, 0.05) is 18.9 Å². The van der Waals surface area contributed by atoms with E-state index in [1.54, 1.807) is 18.5 Å². The van der Waals surface area contributed by atoms with Crippen molar-refractivity contribution in [2.24, 2.45) is 0 Å². The molecule has 0 aliphatic carbocycles. The zero-order valence-corrected chi connectivity index (χ0v) is 13.6. The van der Waals surface area contributed by atoms with Gasteiger partial charge < -0.3 is 15.4 Å². The summed E-state index contributed by atoms with van der Waals surface area (Å²) in [5.41, 5.74) is 0.433. The number of benzene rings is 1. The van der Waals surface area contributed by atoms with Crippen LogP contribution in [-0.4, -0.2) is 28.2 Å². The average molecular weight is 314 g/mol. The van der Waals surface area contributed by atoms with Gasteiger partial charge in [-0.3, -0.25) is 0 Å². The number of hydrogen-bond acceptors (Lipinski definition) is 5. The SMILES string of the molecule is CC(C)(C)OC(=O)NC(CNc1ncccn1)c1ccccc1. The van der Waals surface area contributed by atoms with Crippen LogP contribution in [0.5, 0.6) is 0 Å². The van der Waals surface area contributed by atoms with Crippen molar-refractivity contribution in [1.82, 2.24) is 15.3 Å². The molecule has 1 aromatic heterocycles. The minimum atomic E-state index is -0.540. The highest BCUT2D eigenvalue weighted by Crippen LogP contribution is 2.15. The lowest BCUT2D eigenvalue weighted by Crippen LogP contribution is -2.37. The van der Waals surface area contributed by atoms with Crippen molar-refractivity contribution in [3.05, 3.63) is 54.4 Å². The molecule has 1 aromatic carbocycles. The number of rotatable bonds is 5. The number of aromatic nitrogens is 2. The van der Waals surface area contributed by atoms with Crippen LogP contribution in [0.1, 0.15) is 32.4 Å². The molecule has 0 radical (unpaired) electrons. The third-order valence-electron chi connectivity index (χ3n) is 2.92. The molecule has 0 saturated heterocycles. The second kappa shape index (κ2) is 7.58. The first-order valence-electron chi connectivity index (χ1n) is 7.49. The smallest absolute Gasteiger partial charge is 0.408 e. The highest BCUT2D eigenvalue weighted by Gasteiger charge is 2.20. The molecule has 2 rings (SSSR count). The molecular formula is C17H22N4O2. The fourth-order valence-corrected chi connectivity index (χ4v) is 1.97. The van der Waals surface area contributed by atoms with Gasteiger partial charge in [0.15, 0.2) is 0 Å². The van der Waals surface area contributed by atoms with Gasteiger partial charge >= 0.3 is 6.09 Å². The molecule has 122 valence electrons. The van der Waals surface area contributed by atoms with E-state index in [0.717, 1.165) is 5.56 Å². The molecule has 1 heterocycles. The molecule has 2 N–H and O–H groups in total. The Morgan fingerprint density at radius 2 is 1.78 bits per heavy atom. The minimum absolute atomic E-state index is 0.255. The van der Waals surface area contributed by atoms with E-state index in [0.29, 0.717) is 12.5 Å². The Kier molecular flexibility index (Phi) is 5.51. The highest BCUT2D eigenvalue weighted by molar-refractivity contribution is 5.68. The molecule has 0 saturated carbocycles. The highest BCUT2D eigenvalue weighted by atomic mass is 16.6. The molecule has 23 heavy (non-hydrogen) atoms. The van der Waals surface area contributed by atoms with Crippen LogP contribution in [-0.2, 0) is 4.74 Å². The van der Waals surface area contributed by atoms with Gasteiger partial charge in [0.25, 0.3) is 0 Å². The van der Waals surface area contributed by atoms with E-state index in [1.807, 2.05) is 51.1 Å². The normalized spacial score (nSPS) is 12.3. The van der Waals surface area contributed by atoms with Crippen LogP contribution in [0.25, 0.3) is 0 Å². The second-order valence-corrected chi connectivity index (χ2v) is 6.06. The van der Waals surface area contributed by atoms with E-state index >= 15 is 0 Å². The molecule has 0 aliphatic heterocycles. The minimum Gasteiger partial charge on any atom is -0.444 e. The maximum absolute atomic E-state index is 12.1. The zero-order chi connectivity index (χ0) is 16.7. The predicted molar refractivity (Wildman–Crippen MR) is 89.1 cm³/mol. The van der Waals surface area contributed by atoms with Crippen LogP contribution >= 0.6 is 0 Å². The fourth-order valence-electron chi connectivity index (χ4n) is 1.97. The number of carbonyl (C=O) groups excluding carboxylic acids is 1. The van der Waals surface area contributed by atoms with Gasteiger partial charge in [0.2, 0.25) is 5.95 Å². The lowest BCUT2D eigenvalue weighted by atomic mass is 10.1. The standard InChI is InChI=1S/C17H22N4O2/c1-17(2,3)23-16(22)21-14(13-8-5-4-6-9-13)12-20-15-18-10-7-11-19-15/h4-11,14H,12H2,1-3H3,(H,21,22)(H,18,19,20). The van der Waals surface area contributed by atoms with Crippen LogP contribution in [0.15, 0.2) is 48.8 Å². The summed E-state index contributed by atoms with van der Waals surface area (Å²) >= 11 is 0. The van der Waals surface area contributed by atoms with Crippen LogP contribution in [0.3, 0.4) is 0 Å². The summed E-state index contributed by atoms with van der Waals surface area (Å²) in [7, 11) is 0. The van der Waals surface area contributed by atoms with Crippen molar-refractivity contribution in [3.8, 4) is 0 Å². The van der Waals surface area contributed by atoms with E-state index in [9.17, 15) is 4.79 Å². The average Bonchev–Trinajstić information content (AvgIpc) is 2.51. The lowest BCUT2D eigenvalue weighted by molar-refractivity contribution is 0.0506. The third kappa shape index (κ3) is 5.94. The Labute approximate surface area is 136 Å². The summed E-state index contributed by atoms with van der Waals surface area (Å²) in [6.07, 6.45) is 2.87. The second-order valence-electron chi connectivity index (χ2n) is 6.06. The first-order chi connectivity index (χ1) is 10.9. The van der Waals surface area contributed by atoms with Crippen molar-refractivity contribution in [2.45, 2.75) is 32.4 Å². The number of amides is 1. The summed E-state index contributed by atoms with van der Waals surface area (Å²) < 4.78 is 5.33. The number of hydrogen-bond donors (Lipinski definition) is 2. The fraction of sp³-hybridized carbons (Fsp3) is 0.353. The molecule has 1 unspecified atom stereocenters. The van der Waals surface area contributed by atoms with Crippen LogP contribution < -0.4 is 10.6 Å². The Morgan fingerprint density at radius 3 is 2.39 bits per heavy atom. The van der Waals surface area contributed by atoms with E-state index in [1.165, 1.54) is 0 Å². The Hall–Kier alpha value is -2.63. The van der Waals surface area contributed by atoms with Gasteiger partial charge in [-0.25, -0.2) is 14.8 Å². The van der Waals surface area contributed by atoms with E-state index in [-0.39, 0.29) is 6.04 Å². The number of anilines is 1. The molecule has 1 amide bonds. The Balaban J connectivity index is 2.05. The van der Waals surface area contributed by atoms with Crippen molar-refractivity contribution in [3.63, 3.8) is 0 Å². The number of carbonyl (C=O) groups is 1. The van der Waals surface area contributed by atoms with E-state index in [2.05, 4.69) is 20.6 Å². The number of nitrogens with zero attached hydrogens (tertiary/aromatic N) is 2. The van der Waals surface area contributed by atoms with Gasteiger partial charge in [-0.2, -0.15) is 0 Å². The topological polar surface area (TPSA) is 76.1 Å². The summed E-state index contributed by atoms with van der Waals surface area (Å²) in [6, 6.07) is 11.2. The van der Waals surface area contributed by atoms with Gasteiger partial charge in [-0.1, -0.05) is 30.3 Å². The quantitative estimate of drug-likeness (QED) is 0.886. The molecule has 1 atom stereocenters. The summed E-state index contributed by atoms with van der Waals surface area (Å²) in [5.74, 6) is 0.513. The number of alkyl carbamates (subject to hydrolysis) is 1. The maximum Gasteiger partial charge on any atom is 0.408 e. The van der Waals surface area contributed by atoms with Gasteiger partial charge in [-0.05, 0) is 32.4 Å². The van der Waals surface area contributed by atoms with Gasteiger partial charge in [0.05, 0.1) is 6.04 Å². The first kappa shape index (κ1) is 16.7. The summed E-state index contributed by atoms with van der Waals surface area (Å²) in [4.78, 5) is 20.3. The molecule has 6 heteroatoms. The molecular weight excluding hydrogens is 292 g/mol. The maximum atomic E-state index is 12.1. The largest absolute Gasteiger partial charge is 0.444 e. The molecule has 0 aliphatic rings. The summed E-state index contributed by atoms with van der Waals surface area (Å²) in [5, 5.41) is 6.00. The molecule has 2 aromatic rings. The van der Waals surface area contributed by atoms with Crippen molar-refractivity contribution in [2.75, 3.05) is 11.9 Å². The monoisotopic (exact) mass is 314 g/mol. The zero-order valence-electron chi connectivity index (χ0n) is 13.6. The molecule has 0 fully saturated rings. The van der Waals surface area contributed by atoms with Gasteiger partial charge in [0.1, 0.15) is 5.60 Å². The Morgan fingerprint density at radius 1 is 1.13 bits per heavy atom. The summed E-state index contributed by atoms with van der Waals surface area (Å²) in [6.45, 7) is 5.95. The van der Waals surface area contributed by atoms with E-state index in [4.69, 9.17) is 4.74 Å². The molecule has 0 spiro atoms. The lowest BCUT2D eigenvalue weighted by Gasteiger charge is -2.24. The number of ether oxygens (including phenoxy) is 1. The molecule has 0 bridgehead atoms. The third-order valence-corrected chi connectivity index (χ3v) is 2.92. The first-order valence-corrected chi connectivity index (χ1v) is 7.49. The van der Waals surface area contributed by atoms with Crippen LogP contribution in [0.4, 0.5) is 10.7 Å².